The maximum absolute atomic E-state index is 12.2. The molecule has 2 rings (SSSR count). The van der Waals surface area contributed by atoms with Gasteiger partial charge in [-0.3, -0.25) is 9.59 Å². The number of hydrogen-bond acceptors (Lipinski definition) is 3. The molecule has 0 heterocycles. The third-order valence-corrected chi connectivity index (χ3v) is 5.50. The number of carbonyl (C=O) groups excluding carboxylic acids is 2. The van der Waals surface area contributed by atoms with Crippen LogP contribution in [0.5, 0.6) is 5.75 Å². The van der Waals surface area contributed by atoms with Crippen LogP contribution in [0.15, 0.2) is 24.3 Å². The summed E-state index contributed by atoms with van der Waals surface area (Å²) in [4.78, 5) is 23.9. The Morgan fingerprint density at radius 1 is 0.893 bits per heavy atom. The average Bonchev–Trinajstić information content (AvgIpc) is 2.66. The van der Waals surface area contributed by atoms with Gasteiger partial charge >= 0.3 is 0 Å². The summed E-state index contributed by atoms with van der Waals surface area (Å²) in [5, 5.41) is 6.51. The van der Waals surface area contributed by atoms with Gasteiger partial charge in [-0.05, 0) is 49.2 Å². The summed E-state index contributed by atoms with van der Waals surface area (Å²) in [6, 6.07) is 6.78. The minimum Gasteiger partial charge on any atom is -0.481 e. The topological polar surface area (TPSA) is 67.4 Å². The highest BCUT2D eigenvalue weighted by Gasteiger charge is 2.18. The fourth-order valence-electron chi connectivity index (χ4n) is 2.30. The number of benzene rings is 2. The first-order chi connectivity index (χ1) is 13.1. The Hall–Kier alpha value is -1.95. The smallest absolute Gasteiger partial charge is 0.262 e. The number of amides is 2. The maximum atomic E-state index is 12.2. The van der Waals surface area contributed by atoms with Gasteiger partial charge in [0.15, 0.2) is 12.4 Å². The fourth-order valence-corrected chi connectivity index (χ4v) is 3.12. The zero-order valence-corrected chi connectivity index (χ0v) is 18.2. The molecule has 2 aromatic rings. The van der Waals surface area contributed by atoms with Crippen LogP contribution < -0.4 is 15.4 Å². The average molecular weight is 444 g/mol. The van der Waals surface area contributed by atoms with Crippen molar-refractivity contribution in [2.45, 2.75) is 27.7 Å². The molecule has 0 bridgehead atoms. The van der Waals surface area contributed by atoms with Crippen molar-refractivity contribution in [1.82, 2.24) is 0 Å². The Labute approximate surface area is 179 Å². The first-order valence-corrected chi connectivity index (χ1v) is 9.72. The summed E-state index contributed by atoms with van der Waals surface area (Å²) in [6.45, 7) is 6.85. The van der Waals surface area contributed by atoms with Gasteiger partial charge < -0.3 is 15.4 Å². The molecule has 5 nitrogen and oxygen atoms in total. The summed E-state index contributed by atoms with van der Waals surface area (Å²) in [5.41, 5.74) is 2.50. The Balaban J connectivity index is 1.99. The van der Waals surface area contributed by atoms with E-state index in [2.05, 4.69) is 10.6 Å². The summed E-state index contributed by atoms with van der Waals surface area (Å²) in [5.74, 6) is -0.344. The predicted molar refractivity (Wildman–Crippen MR) is 115 cm³/mol. The third-order valence-electron chi connectivity index (χ3n) is 4.02. The Morgan fingerprint density at radius 3 is 1.82 bits per heavy atom. The standard InChI is InChI=1S/C20H21Cl3N2O3/c1-10(2)20(27)25-14-7-5-13(6-8-14)24-15(26)9-28-19-17(22)11(3)16(21)12(4)18(19)23/h5-8,10H,9H2,1-4H3,(H,24,26)(H,25,27). The third kappa shape index (κ3) is 5.31. The van der Waals surface area contributed by atoms with Gasteiger partial charge in [-0.1, -0.05) is 48.7 Å². The van der Waals surface area contributed by atoms with Crippen molar-refractivity contribution in [2.24, 2.45) is 5.92 Å². The quantitative estimate of drug-likeness (QED) is 0.586. The molecule has 0 aliphatic rings. The molecule has 0 saturated carbocycles. The molecule has 0 aliphatic heterocycles. The van der Waals surface area contributed by atoms with E-state index >= 15 is 0 Å². The molecule has 0 atom stereocenters. The number of ether oxygens (including phenoxy) is 1. The van der Waals surface area contributed by atoms with Crippen LogP contribution in [0.4, 0.5) is 11.4 Å². The van der Waals surface area contributed by atoms with Crippen molar-refractivity contribution in [2.75, 3.05) is 17.2 Å². The molecule has 2 amide bonds. The largest absolute Gasteiger partial charge is 0.481 e. The number of anilines is 2. The maximum Gasteiger partial charge on any atom is 0.262 e. The molecule has 8 heteroatoms. The SMILES string of the molecule is Cc1c(Cl)c(C)c(Cl)c(OCC(=O)Nc2ccc(NC(=O)C(C)C)cc2)c1Cl. The second-order valence-electron chi connectivity index (χ2n) is 6.58. The number of carbonyl (C=O) groups is 2. The zero-order chi connectivity index (χ0) is 21.0. The van der Waals surface area contributed by atoms with Gasteiger partial charge in [0.25, 0.3) is 5.91 Å². The Kier molecular flexibility index (Phi) is 7.58. The van der Waals surface area contributed by atoms with Crippen LogP contribution in [0, 0.1) is 19.8 Å². The molecule has 0 radical (unpaired) electrons. The van der Waals surface area contributed by atoms with E-state index in [4.69, 9.17) is 39.5 Å². The number of nitrogens with one attached hydrogen (secondary N) is 2. The van der Waals surface area contributed by atoms with Gasteiger partial charge in [0.1, 0.15) is 0 Å². The molecule has 0 saturated heterocycles. The van der Waals surface area contributed by atoms with E-state index in [-0.39, 0.29) is 40.1 Å². The van der Waals surface area contributed by atoms with Crippen LogP contribution in [0.25, 0.3) is 0 Å². The molecular formula is C20H21Cl3N2O3. The Morgan fingerprint density at radius 2 is 1.36 bits per heavy atom. The fraction of sp³-hybridized carbons (Fsp3) is 0.300. The van der Waals surface area contributed by atoms with Crippen LogP contribution in [-0.2, 0) is 9.59 Å². The molecule has 0 fully saturated rings. The van der Waals surface area contributed by atoms with Crippen molar-refractivity contribution in [3.8, 4) is 5.75 Å². The summed E-state index contributed by atoms with van der Waals surface area (Å²) in [6.07, 6.45) is 0. The highest BCUT2D eigenvalue weighted by molar-refractivity contribution is 6.42. The van der Waals surface area contributed by atoms with E-state index in [1.54, 1.807) is 38.1 Å². The minimum absolute atomic E-state index is 0.0764. The van der Waals surface area contributed by atoms with E-state index in [1.165, 1.54) is 0 Å². The molecule has 2 aromatic carbocycles. The molecule has 0 unspecified atom stereocenters. The lowest BCUT2D eigenvalue weighted by molar-refractivity contribution is -0.119. The van der Waals surface area contributed by atoms with Crippen molar-refractivity contribution in [3.05, 3.63) is 50.5 Å². The lowest BCUT2D eigenvalue weighted by atomic mass is 10.1. The number of rotatable bonds is 6. The van der Waals surface area contributed by atoms with Crippen molar-refractivity contribution in [1.29, 1.82) is 0 Å². The van der Waals surface area contributed by atoms with Gasteiger partial charge in [0.2, 0.25) is 5.91 Å². The minimum atomic E-state index is -0.378. The zero-order valence-electron chi connectivity index (χ0n) is 16.0. The van der Waals surface area contributed by atoms with Crippen molar-refractivity contribution < 1.29 is 14.3 Å². The highest BCUT2D eigenvalue weighted by atomic mass is 35.5. The van der Waals surface area contributed by atoms with Gasteiger partial charge in [0, 0.05) is 22.3 Å². The van der Waals surface area contributed by atoms with Crippen LogP contribution in [0.2, 0.25) is 15.1 Å². The van der Waals surface area contributed by atoms with E-state index < -0.39 is 0 Å². The van der Waals surface area contributed by atoms with Gasteiger partial charge in [-0.25, -0.2) is 0 Å². The first-order valence-electron chi connectivity index (χ1n) is 8.59. The van der Waals surface area contributed by atoms with Crippen LogP contribution >= 0.6 is 34.8 Å². The monoisotopic (exact) mass is 442 g/mol. The number of hydrogen-bond donors (Lipinski definition) is 2. The Bertz CT molecular complexity index is 868. The van der Waals surface area contributed by atoms with E-state index in [0.717, 1.165) is 0 Å². The lowest BCUT2D eigenvalue weighted by Crippen LogP contribution is -2.20. The van der Waals surface area contributed by atoms with Crippen LogP contribution in [0.3, 0.4) is 0 Å². The lowest BCUT2D eigenvalue weighted by Gasteiger charge is -2.15. The number of halogens is 3. The van der Waals surface area contributed by atoms with Crippen LogP contribution in [0.1, 0.15) is 25.0 Å². The van der Waals surface area contributed by atoms with E-state index in [9.17, 15) is 9.59 Å². The van der Waals surface area contributed by atoms with Crippen molar-refractivity contribution in [3.63, 3.8) is 0 Å². The molecule has 28 heavy (non-hydrogen) atoms. The van der Waals surface area contributed by atoms with Gasteiger partial charge in [0.05, 0.1) is 10.0 Å². The summed E-state index contributed by atoms with van der Waals surface area (Å²) < 4.78 is 5.53. The molecule has 0 spiro atoms. The molecular weight excluding hydrogens is 423 g/mol. The van der Waals surface area contributed by atoms with Gasteiger partial charge in [-0.15, -0.1) is 0 Å². The molecule has 150 valence electrons. The van der Waals surface area contributed by atoms with E-state index in [1.807, 2.05) is 13.8 Å². The molecule has 0 aromatic heterocycles. The summed E-state index contributed by atoms with van der Waals surface area (Å²) in [7, 11) is 0. The molecule has 2 N–H and O–H groups in total. The predicted octanol–water partition coefficient (Wildman–Crippen LogP) is 5.88. The summed E-state index contributed by atoms with van der Waals surface area (Å²) >= 11 is 18.6. The second kappa shape index (κ2) is 9.50. The molecule has 0 aliphatic carbocycles. The highest BCUT2D eigenvalue weighted by Crippen LogP contribution is 2.42. The normalized spacial score (nSPS) is 10.7. The van der Waals surface area contributed by atoms with Crippen molar-refractivity contribution >= 4 is 58.0 Å². The van der Waals surface area contributed by atoms with Crippen LogP contribution in [-0.4, -0.2) is 18.4 Å². The van der Waals surface area contributed by atoms with E-state index in [0.29, 0.717) is 27.5 Å². The first kappa shape index (κ1) is 22.3. The second-order valence-corrected chi connectivity index (χ2v) is 7.71. The van der Waals surface area contributed by atoms with Gasteiger partial charge in [-0.2, -0.15) is 0 Å².